The molecule has 3 rings (SSSR count). The zero-order chi connectivity index (χ0) is 18.5. The van der Waals surface area contributed by atoms with Crippen LogP contribution in [0.3, 0.4) is 0 Å². The molecular formula is C18H14ClN3O3S. The Kier molecular flexibility index (Phi) is 5.66. The Morgan fingerprint density at radius 2 is 2.31 bits per heavy atom. The quantitative estimate of drug-likeness (QED) is 0.563. The van der Waals surface area contributed by atoms with Crippen molar-refractivity contribution < 1.29 is 13.9 Å². The number of carbonyl (C=O) groups excluding carboxylic acids is 1. The molecule has 0 N–H and O–H groups in total. The van der Waals surface area contributed by atoms with Gasteiger partial charge in [-0.3, -0.25) is 9.69 Å². The third-order valence-corrected chi connectivity index (χ3v) is 4.73. The Morgan fingerprint density at radius 3 is 2.96 bits per heavy atom. The largest absolute Gasteiger partial charge is 0.495 e. The summed E-state index contributed by atoms with van der Waals surface area (Å²) in [6.07, 6.45) is 3.46. The van der Waals surface area contributed by atoms with Crippen LogP contribution in [0.25, 0.3) is 6.08 Å². The molecular weight excluding hydrogens is 374 g/mol. The molecule has 0 unspecified atom stereocenters. The van der Waals surface area contributed by atoms with Crippen molar-refractivity contribution >= 4 is 46.2 Å². The molecule has 26 heavy (non-hydrogen) atoms. The summed E-state index contributed by atoms with van der Waals surface area (Å²) < 4.78 is 10.4. The average Bonchev–Trinajstić information content (AvgIpc) is 3.24. The number of amides is 1. The molecule has 8 heteroatoms. The van der Waals surface area contributed by atoms with E-state index in [1.54, 1.807) is 36.4 Å². The molecule has 0 atom stereocenters. The normalized spacial score (nSPS) is 15.3. The second-order valence-electron chi connectivity index (χ2n) is 5.16. The Bertz CT molecular complexity index is 916. The van der Waals surface area contributed by atoms with Crippen molar-refractivity contribution in [2.75, 3.05) is 17.8 Å². The molecule has 0 spiro atoms. The van der Waals surface area contributed by atoms with Crippen molar-refractivity contribution in [3.8, 4) is 11.8 Å². The van der Waals surface area contributed by atoms with Crippen molar-refractivity contribution in [2.45, 2.75) is 6.42 Å². The molecule has 0 radical (unpaired) electrons. The van der Waals surface area contributed by atoms with Crippen LogP contribution >= 0.6 is 23.4 Å². The predicted molar refractivity (Wildman–Crippen MR) is 102 cm³/mol. The van der Waals surface area contributed by atoms with E-state index >= 15 is 0 Å². The highest BCUT2D eigenvalue weighted by Gasteiger charge is 2.32. The molecule has 0 aliphatic carbocycles. The fourth-order valence-corrected chi connectivity index (χ4v) is 3.42. The molecule has 1 aliphatic heterocycles. The SMILES string of the molecule is COc1ccc(N2C(=O)/C(=C\c3ccco3)N=C2SCCC#N)cc1Cl. The number of amidine groups is 1. The molecule has 0 bridgehead atoms. The molecule has 2 aromatic rings. The zero-order valence-electron chi connectivity index (χ0n) is 13.8. The highest BCUT2D eigenvalue weighted by molar-refractivity contribution is 8.14. The van der Waals surface area contributed by atoms with Gasteiger partial charge in [0, 0.05) is 18.2 Å². The van der Waals surface area contributed by atoms with Gasteiger partial charge in [0.2, 0.25) is 0 Å². The van der Waals surface area contributed by atoms with Crippen molar-refractivity contribution in [1.82, 2.24) is 0 Å². The Morgan fingerprint density at radius 1 is 1.46 bits per heavy atom. The molecule has 1 amide bonds. The first-order chi connectivity index (χ1) is 12.6. The van der Waals surface area contributed by atoms with E-state index in [-0.39, 0.29) is 11.6 Å². The van der Waals surface area contributed by atoms with Gasteiger partial charge in [0.15, 0.2) is 5.17 Å². The molecule has 1 aliphatic rings. The van der Waals surface area contributed by atoms with E-state index in [1.165, 1.54) is 30.0 Å². The Balaban J connectivity index is 1.96. The number of ether oxygens (including phenoxy) is 1. The summed E-state index contributed by atoms with van der Waals surface area (Å²) in [7, 11) is 1.52. The summed E-state index contributed by atoms with van der Waals surface area (Å²) >= 11 is 7.53. The molecule has 0 fully saturated rings. The van der Waals surface area contributed by atoms with Crippen LogP contribution in [0.2, 0.25) is 5.02 Å². The summed E-state index contributed by atoms with van der Waals surface area (Å²) in [6.45, 7) is 0. The number of halogens is 1. The number of rotatable bonds is 5. The number of methoxy groups -OCH3 is 1. The van der Waals surface area contributed by atoms with E-state index < -0.39 is 0 Å². The van der Waals surface area contributed by atoms with Gasteiger partial charge in [-0.25, -0.2) is 4.99 Å². The minimum atomic E-state index is -0.290. The fraction of sp³-hybridized carbons (Fsp3) is 0.167. The maximum Gasteiger partial charge on any atom is 0.283 e. The van der Waals surface area contributed by atoms with Gasteiger partial charge in [-0.05, 0) is 30.3 Å². The first-order valence-electron chi connectivity index (χ1n) is 7.65. The summed E-state index contributed by atoms with van der Waals surface area (Å²) in [5, 5.41) is 9.63. The number of hydrogen-bond acceptors (Lipinski definition) is 6. The standard InChI is InChI=1S/C18H14ClN3O3S/c1-24-16-6-5-12(10-14(16)19)22-17(23)15(11-13-4-2-8-25-13)21-18(22)26-9-3-7-20/h2,4-6,8,10-11H,3,9H2,1H3/b15-11+. The highest BCUT2D eigenvalue weighted by atomic mass is 35.5. The lowest BCUT2D eigenvalue weighted by molar-refractivity contribution is -0.113. The second kappa shape index (κ2) is 8.13. The first-order valence-corrected chi connectivity index (χ1v) is 9.02. The van der Waals surface area contributed by atoms with Gasteiger partial charge in [-0.2, -0.15) is 5.26 Å². The topological polar surface area (TPSA) is 78.8 Å². The predicted octanol–water partition coefficient (Wildman–Crippen LogP) is 4.33. The fourth-order valence-electron chi connectivity index (χ4n) is 2.31. The minimum absolute atomic E-state index is 0.256. The molecule has 0 saturated carbocycles. The van der Waals surface area contributed by atoms with E-state index in [0.29, 0.717) is 39.6 Å². The highest BCUT2D eigenvalue weighted by Crippen LogP contribution is 2.34. The van der Waals surface area contributed by atoms with Gasteiger partial charge in [-0.15, -0.1) is 0 Å². The summed E-state index contributed by atoms with van der Waals surface area (Å²) in [4.78, 5) is 18.8. The van der Waals surface area contributed by atoms with Gasteiger partial charge in [-0.1, -0.05) is 23.4 Å². The van der Waals surface area contributed by atoms with Crippen LogP contribution in [-0.2, 0) is 4.79 Å². The van der Waals surface area contributed by atoms with Crippen LogP contribution in [0.15, 0.2) is 51.7 Å². The number of nitriles is 1. The van der Waals surface area contributed by atoms with Gasteiger partial charge < -0.3 is 9.15 Å². The lowest BCUT2D eigenvalue weighted by atomic mass is 10.2. The number of benzene rings is 1. The Labute approximate surface area is 159 Å². The molecule has 6 nitrogen and oxygen atoms in total. The van der Waals surface area contributed by atoms with Crippen LogP contribution < -0.4 is 9.64 Å². The number of aliphatic imine (C=N–C) groups is 1. The first kappa shape index (κ1) is 18.1. The second-order valence-corrected chi connectivity index (χ2v) is 6.62. The van der Waals surface area contributed by atoms with Gasteiger partial charge in [0.25, 0.3) is 5.91 Å². The third-order valence-electron chi connectivity index (χ3n) is 3.49. The van der Waals surface area contributed by atoms with Gasteiger partial charge in [0.1, 0.15) is 17.2 Å². The maximum absolute atomic E-state index is 12.9. The van der Waals surface area contributed by atoms with E-state index in [9.17, 15) is 4.79 Å². The minimum Gasteiger partial charge on any atom is -0.495 e. The number of nitrogens with zero attached hydrogens (tertiary/aromatic N) is 3. The lowest BCUT2D eigenvalue weighted by Crippen LogP contribution is -2.30. The van der Waals surface area contributed by atoms with Crippen molar-refractivity contribution in [3.05, 3.63) is 53.1 Å². The van der Waals surface area contributed by atoms with E-state index in [1.807, 2.05) is 0 Å². The molecule has 2 heterocycles. The Hall–Kier alpha value is -2.69. The molecule has 1 aromatic carbocycles. The van der Waals surface area contributed by atoms with Crippen LogP contribution in [0, 0.1) is 11.3 Å². The van der Waals surface area contributed by atoms with Crippen molar-refractivity contribution in [2.24, 2.45) is 4.99 Å². The monoisotopic (exact) mass is 387 g/mol. The van der Waals surface area contributed by atoms with E-state index in [4.69, 9.17) is 26.0 Å². The van der Waals surface area contributed by atoms with Gasteiger partial charge >= 0.3 is 0 Å². The zero-order valence-corrected chi connectivity index (χ0v) is 15.4. The maximum atomic E-state index is 12.9. The molecule has 0 saturated heterocycles. The van der Waals surface area contributed by atoms with Crippen molar-refractivity contribution in [1.29, 1.82) is 5.26 Å². The van der Waals surface area contributed by atoms with Crippen LogP contribution in [-0.4, -0.2) is 23.9 Å². The number of furan rings is 1. The van der Waals surface area contributed by atoms with Crippen LogP contribution in [0.4, 0.5) is 5.69 Å². The summed E-state index contributed by atoms with van der Waals surface area (Å²) in [5.74, 6) is 1.29. The van der Waals surface area contributed by atoms with Crippen LogP contribution in [0.1, 0.15) is 12.2 Å². The number of anilines is 1. The van der Waals surface area contributed by atoms with Crippen molar-refractivity contribution in [3.63, 3.8) is 0 Å². The number of hydrogen-bond donors (Lipinski definition) is 0. The number of thioether (sulfide) groups is 1. The number of carbonyl (C=O) groups is 1. The summed E-state index contributed by atoms with van der Waals surface area (Å²) in [5.41, 5.74) is 0.832. The molecule has 132 valence electrons. The van der Waals surface area contributed by atoms with Gasteiger partial charge in [0.05, 0.1) is 30.2 Å². The third kappa shape index (κ3) is 3.77. The van der Waals surface area contributed by atoms with E-state index in [2.05, 4.69) is 11.1 Å². The smallest absolute Gasteiger partial charge is 0.283 e. The van der Waals surface area contributed by atoms with E-state index in [0.717, 1.165) is 0 Å². The lowest BCUT2D eigenvalue weighted by Gasteiger charge is -2.18. The van der Waals surface area contributed by atoms with Crippen LogP contribution in [0.5, 0.6) is 5.75 Å². The summed E-state index contributed by atoms with van der Waals surface area (Å²) in [6, 6.07) is 10.6. The average molecular weight is 388 g/mol. The molecule has 1 aromatic heterocycles.